The molecule has 0 aromatic heterocycles. The Morgan fingerprint density at radius 2 is 1.87 bits per heavy atom. The quantitative estimate of drug-likeness (QED) is 0.611. The van der Waals surface area contributed by atoms with Crippen molar-refractivity contribution in [3.05, 3.63) is 36.4 Å². The van der Waals surface area contributed by atoms with Gasteiger partial charge in [0.1, 0.15) is 5.75 Å². The third-order valence-electron chi connectivity index (χ3n) is 2.33. The van der Waals surface area contributed by atoms with Gasteiger partial charge in [-0.3, -0.25) is 0 Å². The Bertz CT molecular complexity index is 470. The molecule has 0 aliphatic carbocycles. The molecular formula is C12H13NOS. The summed E-state index contributed by atoms with van der Waals surface area (Å²) in [4.78, 5) is 0. The largest absolute Gasteiger partial charge is 0.497 e. The van der Waals surface area contributed by atoms with E-state index in [-0.39, 0.29) is 0 Å². The van der Waals surface area contributed by atoms with Crippen molar-refractivity contribution in [2.45, 2.75) is 0 Å². The van der Waals surface area contributed by atoms with Crippen LogP contribution in [0.3, 0.4) is 0 Å². The first-order chi connectivity index (χ1) is 7.33. The minimum atomic E-state index is 0.641. The molecule has 2 nitrogen and oxygen atoms in total. The maximum atomic E-state index is 5.17. The van der Waals surface area contributed by atoms with Gasteiger partial charge in [-0.15, -0.1) is 0 Å². The van der Waals surface area contributed by atoms with Crippen LogP contribution >= 0.6 is 12.6 Å². The van der Waals surface area contributed by atoms with Crippen molar-refractivity contribution in [1.29, 1.82) is 0 Å². The van der Waals surface area contributed by atoms with Crippen LogP contribution in [0.25, 0.3) is 10.8 Å². The molecule has 78 valence electrons. The summed E-state index contributed by atoms with van der Waals surface area (Å²) in [6, 6.07) is 12.3. The van der Waals surface area contributed by atoms with Crippen molar-refractivity contribution >= 4 is 29.1 Å². The second kappa shape index (κ2) is 4.45. The molecule has 0 aliphatic rings. The first kappa shape index (κ1) is 10.2. The van der Waals surface area contributed by atoms with E-state index in [0.29, 0.717) is 5.88 Å². The molecule has 2 rings (SSSR count). The molecule has 15 heavy (non-hydrogen) atoms. The standard InChI is InChI=1S/C12H13NOS/c1-14-12-5-3-9-6-11(13-8-15)4-2-10(9)7-12/h2-7,13,15H,8H2,1H3. The molecule has 0 unspecified atom stereocenters. The normalized spacial score (nSPS) is 10.3. The third-order valence-corrected chi connectivity index (χ3v) is 2.49. The Labute approximate surface area is 94.7 Å². The smallest absolute Gasteiger partial charge is 0.119 e. The number of ether oxygens (including phenoxy) is 1. The lowest BCUT2D eigenvalue weighted by Gasteiger charge is -2.06. The molecule has 0 fully saturated rings. The summed E-state index contributed by atoms with van der Waals surface area (Å²) in [7, 11) is 1.68. The van der Waals surface area contributed by atoms with Crippen LogP contribution < -0.4 is 10.1 Å². The minimum Gasteiger partial charge on any atom is -0.497 e. The molecule has 1 N–H and O–H groups in total. The SMILES string of the molecule is COc1ccc2cc(NCS)ccc2c1. The highest BCUT2D eigenvalue weighted by molar-refractivity contribution is 7.80. The lowest BCUT2D eigenvalue weighted by molar-refractivity contribution is 0.415. The number of methoxy groups -OCH3 is 1. The van der Waals surface area contributed by atoms with Crippen molar-refractivity contribution in [2.24, 2.45) is 0 Å². The molecule has 0 atom stereocenters. The number of hydrogen-bond donors (Lipinski definition) is 2. The highest BCUT2D eigenvalue weighted by Gasteiger charge is 1.97. The molecule has 0 heterocycles. The number of benzene rings is 2. The summed E-state index contributed by atoms with van der Waals surface area (Å²) >= 11 is 4.13. The van der Waals surface area contributed by atoms with Crippen LogP contribution in [0.5, 0.6) is 5.75 Å². The number of rotatable bonds is 3. The number of hydrogen-bond acceptors (Lipinski definition) is 3. The van der Waals surface area contributed by atoms with E-state index >= 15 is 0 Å². The zero-order valence-electron chi connectivity index (χ0n) is 8.53. The molecule has 0 amide bonds. The maximum absolute atomic E-state index is 5.17. The van der Waals surface area contributed by atoms with E-state index < -0.39 is 0 Å². The van der Waals surface area contributed by atoms with E-state index in [1.165, 1.54) is 10.8 Å². The molecule has 3 heteroatoms. The molecule has 2 aromatic rings. The first-order valence-corrected chi connectivity index (χ1v) is 5.39. The van der Waals surface area contributed by atoms with E-state index in [9.17, 15) is 0 Å². The fourth-order valence-corrected chi connectivity index (χ4v) is 1.73. The van der Waals surface area contributed by atoms with Gasteiger partial charge in [0.25, 0.3) is 0 Å². The van der Waals surface area contributed by atoms with Crippen molar-refractivity contribution < 1.29 is 4.74 Å². The average Bonchev–Trinajstić information content (AvgIpc) is 2.29. The van der Waals surface area contributed by atoms with Crippen molar-refractivity contribution in [3.63, 3.8) is 0 Å². The van der Waals surface area contributed by atoms with Gasteiger partial charge in [-0.2, -0.15) is 12.6 Å². The molecular weight excluding hydrogens is 206 g/mol. The van der Waals surface area contributed by atoms with Crippen LogP contribution in [0.2, 0.25) is 0 Å². The Morgan fingerprint density at radius 1 is 1.13 bits per heavy atom. The van der Waals surface area contributed by atoms with Crippen LogP contribution in [0.1, 0.15) is 0 Å². The summed E-state index contributed by atoms with van der Waals surface area (Å²) in [5.74, 6) is 1.53. The maximum Gasteiger partial charge on any atom is 0.119 e. The number of fused-ring (bicyclic) bond motifs is 1. The predicted octanol–water partition coefficient (Wildman–Crippen LogP) is 3.15. The molecule has 0 saturated carbocycles. The summed E-state index contributed by atoms with van der Waals surface area (Å²) in [6.45, 7) is 0. The highest BCUT2D eigenvalue weighted by Crippen LogP contribution is 2.23. The van der Waals surface area contributed by atoms with Crippen molar-refractivity contribution in [1.82, 2.24) is 0 Å². The summed E-state index contributed by atoms with van der Waals surface area (Å²) in [5, 5.41) is 5.54. The Hall–Kier alpha value is -1.35. The van der Waals surface area contributed by atoms with Crippen LogP contribution in [0, 0.1) is 0 Å². The van der Waals surface area contributed by atoms with Crippen LogP contribution in [0.4, 0.5) is 5.69 Å². The van der Waals surface area contributed by atoms with Crippen LogP contribution in [-0.2, 0) is 0 Å². The number of thiol groups is 1. The first-order valence-electron chi connectivity index (χ1n) is 4.76. The van der Waals surface area contributed by atoms with E-state index in [2.05, 4.69) is 36.1 Å². The van der Waals surface area contributed by atoms with E-state index in [0.717, 1.165) is 11.4 Å². The van der Waals surface area contributed by atoms with Crippen molar-refractivity contribution in [2.75, 3.05) is 18.3 Å². The van der Waals surface area contributed by atoms with Gasteiger partial charge in [0.2, 0.25) is 0 Å². The van der Waals surface area contributed by atoms with Gasteiger partial charge >= 0.3 is 0 Å². The summed E-state index contributed by atoms with van der Waals surface area (Å²) in [6.07, 6.45) is 0. The zero-order chi connectivity index (χ0) is 10.7. The molecule has 0 radical (unpaired) electrons. The summed E-state index contributed by atoms with van der Waals surface area (Å²) < 4.78 is 5.17. The minimum absolute atomic E-state index is 0.641. The summed E-state index contributed by atoms with van der Waals surface area (Å²) in [5.41, 5.74) is 1.09. The van der Waals surface area contributed by atoms with E-state index in [1.807, 2.05) is 18.2 Å². The van der Waals surface area contributed by atoms with Crippen LogP contribution in [-0.4, -0.2) is 13.0 Å². The zero-order valence-corrected chi connectivity index (χ0v) is 9.42. The topological polar surface area (TPSA) is 21.3 Å². The fourth-order valence-electron chi connectivity index (χ4n) is 1.55. The van der Waals surface area contributed by atoms with Gasteiger partial charge in [0, 0.05) is 5.69 Å². The average molecular weight is 219 g/mol. The Balaban J connectivity index is 2.45. The van der Waals surface area contributed by atoms with Gasteiger partial charge in [-0.1, -0.05) is 12.1 Å². The second-order valence-electron chi connectivity index (χ2n) is 3.26. The van der Waals surface area contributed by atoms with Gasteiger partial charge in [-0.25, -0.2) is 0 Å². The molecule has 2 aromatic carbocycles. The highest BCUT2D eigenvalue weighted by atomic mass is 32.1. The third kappa shape index (κ3) is 2.18. The molecule has 0 saturated heterocycles. The molecule has 0 bridgehead atoms. The lowest BCUT2D eigenvalue weighted by Crippen LogP contribution is -1.93. The lowest BCUT2D eigenvalue weighted by atomic mass is 10.1. The number of anilines is 1. The van der Waals surface area contributed by atoms with Crippen molar-refractivity contribution in [3.8, 4) is 5.75 Å². The second-order valence-corrected chi connectivity index (χ2v) is 3.58. The predicted molar refractivity (Wildman–Crippen MR) is 68.0 cm³/mol. The van der Waals surface area contributed by atoms with E-state index in [4.69, 9.17) is 4.74 Å². The number of nitrogens with one attached hydrogen (secondary N) is 1. The Morgan fingerprint density at radius 3 is 2.60 bits per heavy atom. The molecule has 0 aliphatic heterocycles. The molecule has 0 spiro atoms. The monoisotopic (exact) mass is 219 g/mol. The van der Waals surface area contributed by atoms with Gasteiger partial charge < -0.3 is 10.1 Å². The van der Waals surface area contributed by atoms with Gasteiger partial charge in [0.05, 0.1) is 13.0 Å². The fraction of sp³-hybridized carbons (Fsp3) is 0.167. The van der Waals surface area contributed by atoms with E-state index in [1.54, 1.807) is 7.11 Å². The van der Waals surface area contributed by atoms with Gasteiger partial charge in [-0.05, 0) is 35.0 Å². The Kier molecular flexibility index (Phi) is 3.02. The van der Waals surface area contributed by atoms with Crippen LogP contribution in [0.15, 0.2) is 36.4 Å². The van der Waals surface area contributed by atoms with Gasteiger partial charge in [0.15, 0.2) is 0 Å².